The molecule has 2 aromatic rings. The van der Waals surface area contributed by atoms with E-state index in [1.807, 2.05) is 0 Å². The SMILES string of the molecule is COc1ccc(C(C)=O)cc1COC(=O)[C@@H](CO)NS(=O)(=O)c1ccc(Br)cc1. The molecule has 0 amide bonds. The van der Waals surface area contributed by atoms with Crippen LogP contribution in [0.4, 0.5) is 0 Å². The Hall–Kier alpha value is -2.27. The zero-order chi connectivity index (χ0) is 21.6. The lowest BCUT2D eigenvalue weighted by Crippen LogP contribution is -2.44. The summed E-state index contributed by atoms with van der Waals surface area (Å²) in [7, 11) is -2.62. The van der Waals surface area contributed by atoms with Crippen LogP contribution in [0.2, 0.25) is 0 Å². The standard InChI is InChI=1S/C19H20BrNO7S/c1-12(23)13-3-8-18(27-2)14(9-13)11-28-19(24)17(10-22)21-29(25,26)16-6-4-15(20)5-7-16/h3-9,17,21-22H,10-11H2,1-2H3/t17-/m1/s1. The minimum absolute atomic E-state index is 0.0669. The summed E-state index contributed by atoms with van der Waals surface area (Å²) >= 11 is 3.21. The number of esters is 1. The molecule has 0 heterocycles. The first-order valence-corrected chi connectivity index (χ1v) is 10.7. The van der Waals surface area contributed by atoms with Gasteiger partial charge in [0.25, 0.3) is 0 Å². The Labute approximate surface area is 177 Å². The van der Waals surface area contributed by atoms with Crippen LogP contribution < -0.4 is 9.46 Å². The smallest absolute Gasteiger partial charge is 0.326 e. The molecule has 0 unspecified atom stereocenters. The Balaban J connectivity index is 2.11. The lowest BCUT2D eigenvalue weighted by atomic mass is 10.1. The van der Waals surface area contributed by atoms with Gasteiger partial charge >= 0.3 is 5.97 Å². The molecule has 8 nitrogen and oxygen atoms in total. The van der Waals surface area contributed by atoms with Gasteiger partial charge in [-0.1, -0.05) is 15.9 Å². The Bertz CT molecular complexity index is 990. The fourth-order valence-corrected chi connectivity index (χ4v) is 3.83. The minimum Gasteiger partial charge on any atom is -0.496 e. The summed E-state index contributed by atoms with van der Waals surface area (Å²) in [6.45, 7) is 0.342. The normalized spacial score (nSPS) is 12.3. The van der Waals surface area contributed by atoms with Crippen molar-refractivity contribution >= 4 is 37.7 Å². The molecule has 1 atom stereocenters. The lowest BCUT2D eigenvalue weighted by molar-refractivity contribution is -0.148. The van der Waals surface area contributed by atoms with Crippen LogP contribution in [0, 0.1) is 0 Å². The molecule has 0 saturated heterocycles. The monoisotopic (exact) mass is 485 g/mol. The second-order valence-electron chi connectivity index (χ2n) is 6.00. The minimum atomic E-state index is -4.05. The van der Waals surface area contributed by atoms with E-state index in [2.05, 4.69) is 20.7 Å². The van der Waals surface area contributed by atoms with Gasteiger partial charge in [0.2, 0.25) is 10.0 Å². The highest BCUT2D eigenvalue weighted by Gasteiger charge is 2.26. The molecule has 0 aliphatic heterocycles. The first kappa shape index (κ1) is 23.0. The highest BCUT2D eigenvalue weighted by atomic mass is 79.9. The lowest BCUT2D eigenvalue weighted by Gasteiger charge is -2.16. The summed E-state index contributed by atoms with van der Waals surface area (Å²) < 4.78 is 37.9. The average Bonchev–Trinajstić information content (AvgIpc) is 2.70. The number of aliphatic hydroxyl groups is 1. The van der Waals surface area contributed by atoms with Crippen molar-refractivity contribution in [3.8, 4) is 5.75 Å². The summed E-state index contributed by atoms with van der Waals surface area (Å²) in [5.41, 5.74) is 0.840. The van der Waals surface area contributed by atoms with Crippen molar-refractivity contribution in [1.82, 2.24) is 4.72 Å². The maximum absolute atomic E-state index is 12.4. The molecule has 0 aromatic heterocycles. The van der Waals surface area contributed by atoms with E-state index in [0.717, 1.165) is 0 Å². The fourth-order valence-electron chi connectivity index (χ4n) is 2.39. The third-order valence-electron chi connectivity index (χ3n) is 3.95. The van der Waals surface area contributed by atoms with Gasteiger partial charge in [-0.2, -0.15) is 4.72 Å². The number of hydrogen-bond donors (Lipinski definition) is 2. The van der Waals surface area contributed by atoms with E-state index in [0.29, 0.717) is 21.3 Å². The van der Waals surface area contributed by atoms with Crippen LogP contribution >= 0.6 is 15.9 Å². The Morgan fingerprint density at radius 2 is 1.83 bits per heavy atom. The Kier molecular flexibility index (Phi) is 7.91. The van der Waals surface area contributed by atoms with E-state index in [1.54, 1.807) is 12.1 Å². The third-order valence-corrected chi connectivity index (χ3v) is 5.96. The number of ether oxygens (including phenoxy) is 2. The Morgan fingerprint density at radius 1 is 1.17 bits per heavy atom. The number of benzene rings is 2. The number of ketones is 1. The van der Waals surface area contributed by atoms with Crippen molar-refractivity contribution in [2.24, 2.45) is 0 Å². The van der Waals surface area contributed by atoms with Gasteiger partial charge in [-0.15, -0.1) is 0 Å². The highest BCUT2D eigenvalue weighted by Crippen LogP contribution is 2.21. The van der Waals surface area contributed by atoms with E-state index in [-0.39, 0.29) is 17.3 Å². The molecule has 0 spiro atoms. The zero-order valence-corrected chi connectivity index (χ0v) is 18.1. The summed E-state index contributed by atoms with van der Waals surface area (Å²) in [6.07, 6.45) is 0. The van der Waals surface area contributed by atoms with Crippen molar-refractivity contribution in [1.29, 1.82) is 0 Å². The predicted molar refractivity (Wildman–Crippen MR) is 108 cm³/mol. The molecule has 0 saturated carbocycles. The van der Waals surface area contributed by atoms with Gasteiger partial charge in [0, 0.05) is 15.6 Å². The summed E-state index contributed by atoms with van der Waals surface area (Å²) in [5, 5.41) is 9.46. The van der Waals surface area contributed by atoms with Gasteiger partial charge in [0.05, 0.1) is 18.6 Å². The average molecular weight is 486 g/mol. The maximum atomic E-state index is 12.4. The van der Waals surface area contributed by atoms with Gasteiger partial charge in [0.1, 0.15) is 18.4 Å². The van der Waals surface area contributed by atoms with Gasteiger partial charge in [-0.3, -0.25) is 9.59 Å². The molecule has 2 aromatic carbocycles. The van der Waals surface area contributed by atoms with Crippen molar-refractivity contribution in [2.45, 2.75) is 24.5 Å². The van der Waals surface area contributed by atoms with Crippen LogP contribution in [0.25, 0.3) is 0 Å². The Morgan fingerprint density at radius 3 is 2.38 bits per heavy atom. The number of carbonyl (C=O) groups is 2. The number of rotatable bonds is 9. The van der Waals surface area contributed by atoms with Crippen LogP contribution in [-0.4, -0.2) is 45.0 Å². The van der Waals surface area contributed by atoms with Gasteiger partial charge in [-0.25, -0.2) is 8.42 Å². The summed E-state index contributed by atoms with van der Waals surface area (Å²) in [4.78, 5) is 23.8. The van der Waals surface area contributed by atoms with E-state index < -0.39 is 28.6 Å². The first-order chi connectivity index (χ1) is 13.7. The number of sulfonamides is 1. The number of carbonyl (C=O) groups excluding carboxylic acids is 2. The molecule has 0 fully saturated rings. The molecular formula is C19H20BrNO7S. The van der Waals surface area contributed by atoms with Crippen molar-refractivity contribution in [3.63, 3.8) is 0 Å². The molecule has 29 heavy (non-hydrogen) atoms. The number of methoxy groups -OCH3 is 1. The molecular weight excluding hydrogens is 466 g/mol. The molecule has 0 bridgehead atoms. The number of nitrogens with one attached hydrogen (secondary N) is 1. The van der Waals surface area contributed by atoms with Crippen molar-refractivity contribution in [2.75, 3.05) is 13.7 Å². The van der Waals surface area contributed by atoms with E-state index in [4.69, 9.17) is 9.47 Å². The molecule has 156 valence electrons. The second kappa shape index (κ2) is 9.97. The molecule has 0 aliphatic rings. The first-order valence-electron chi connectivity index (χ1n) is 8.41. The van der Waals surface area contributed by atoms with E-state index in [9.17, 15) is 23.1 Å². The molecule has 2 rings (SSSR count). The van der Waals surface area contributed by atoms with Crippen molar-refractivity contribution < 1.29 is 32.6 Å². The van der Waals surface area contributed by atoms with E-state index in [1.165, 1.54) is 44.4 Å². The quantitative estimate of drug-likeness (QED) is 0.411. The maximum Gasteiger partial charge on any atom is 0.326 e. The van der Waals surface area contributed by atoms with Crippen LogP contribution in [-0.2, 0) is 26.2 Å². The molecule has 2 N–H and O–H groups in total. The molecule has 0 radical (unpaired) electrons. The number of halogens is 1. The fraction of sp³-hybridized carbons (Fsp3) is 0.263. The van der Waals surface area contributed by atoms with Crippen LogP contribution in [0.3, 0.4) is 0 Å². The number of hydrogen-bond acceptors (Lipinski definition) is 7. The molecule has 0 aliphatic carbocycles. The molecule has 10 heteroatoms. The van der Waals surface area contributed by atoms with Crippen LogP contribution in [0.15, 0.2) is 51.8 Å². The van der Waals surface area contributed by atoms with Gasteiger partial charge in [-0.05, 0) is 49.4 Å². The summed E-state index contributed by atoms with van der Waals surface area (Å²) in [5.74, 6) is -0.738. The largest absolute Gasteiger partial charge is 0.496 e. The second-order valence-corrected chi connectivity index (χ2v) is 8.63. The summed E-state index contributed by atoms with van der Waals surface area (Å²) in [6, 6.07) is 8.95. The van der Waals surface area contributed by atoms with E-state index >= 15 is 0 Å². The van der Waals surface area contributed by atoms with Crippen LogP contribution in [0.1, 0.15) is 22.8 Å². The predicted octanol–water partition coefficient (Wildman–Crippen LogP) is 2.04. The third kappa shape index (κ3) is 6.10. The number of aliphatic hydroxyl groups excluding tert-OH is 1. The number of Topliss-reactive ketones (excluding diaryl/α,β-unsaturated/α-hetero) is 1. The topological polar surface area (TPSA) is 119 Å². The van der Waals surface area contributed by atoms with Crippen molar-refractivity contribution in [3.05, 3.63) is 58.1 Å². The van der Waals surface area contributed by atoms with Gasteiger partial charge < -0.3 is 14.6 Å². The zero-order valence-electron chi connectivity index (χ0n) is 15.7. The van der Waals surface area contributed by atoms with Crippen LogP contribution in [0.5, 0.6) is 5.75 Å². The highest BCUT2D eigenvalue weighted by molar-refractivity contribution is 9.10. The van der Waals surface area contributed by atoms with Gasteiger partial charge in [0.15, 0.2) is 5.78 Å².